The van der Waals surface area contributed by atoms with Gasteiger partial charge in [-0.05, 0) is 36.4 Å². The number of aliphatic imine (C=N–C) groups is 1. The number of thiazole rings is 1. The van der Waals surface area contributed by atoms with Crippen LogP contribution >= 0.6 is 11.3 Å². The number of amidine groups is 1. The number of ether oxygens (including phenoxy) is 1. The number of hydrogen-bond donors (Lipinski definition) is 1. The van der Waals surface area contributed by atoms with Gasteiger partial charge in [-0.25, -0.2) is 15.0 Å². The van der Waals surface area contributed by atoms with Crippen molar-refractivity contribution in [3.63, 3.8) is 0 Å². The monoisotopic (exact) mass is 437 g/mol. The number of hydrogen-bond acceptors (Lipinski definition) is 6. The van der Waals surface area contributed by atoms with Crippen molar-refractivity contribution in [3.05, 3.63) is 95.6 Å². The summed E-state index contributed by atoms with van der Waals surface area (Å²) in [6.07, 6.45) is 1.70. The van der Waals surface area contributed by atoms with Crippen LogP contribution in [0.4, 0.5) is 5.69 Å². The van der Waals surface area contributed by atoms with Crippen molar-refractivity contribution in [2.24, 2.45) is 10.1 Å². The smallest absolute Gasteiger partial charge is 0.173 e. The molecule has 0 unspecified atom stereocenters. The first-order chi connectivity index (χ1) is 15.8. The number of benzene rings is 3. The molecule has 0 aliphatic heterocycles. The Labute approximate surface area is 189 Å². The maximum Gasteiger partial charge on any atom is 0.173 e. The van der Waals surface area contributed by atoms with Crippen molar-refractivity contribution < 1.29 is 4.74 Å². The second-order valence-electron chi connectivity index (χ2n) is 6.91. The molecule has 7 heteroatoms. The summed E-state index contributed by atoms with van der Waals surface area (Å²) in [5, 5.41) is 6.27. The van der Waals surface area contributed by atoms with E-state index in [1.807, 2.05) is 84.9 Å². The van der Waals surface area contributed by atoms with Gasteiger partial charge in [-0.1, -0.05) is 48.5 Å². The Bertz CT molecular complexity index is 1420. The first-order valence-electron chi connectivity index (χ1n) is 10.0. The zero-order chi connectivity index (χ0) is 21.8. The Morgan fingerprint density at radius 2 is 1.66 bits per heavy atom. The van der Waals surface area contributed by atoms with E-state index in [0.29, 0.717) is 23.0 Å². The molecule has 0 fully saturated rings. The van der Waals surface area contributed by atoms with Crippen LogP contribution in [0, 0.1) is 0 Å². The Hall–Kier alpha value is -4.10. The van der Waals surface area contributed by atoms with Crippen LogP contribution in [0.15, 0.2) is 95.0 Å². The first-order valence-corrected chi connectivity index (χ1v) is 10.8. The zero-order valence-corrected chi connectivity index (χ0v) is 18.1. The summed E-state index contributed by atoms with van der Waals surface area (Å²) >= 11 is 1.58. The van der Waals surface area contributed by atoms with Gasteiger partial charge < -0.3 is 4.74 Å². The molecule has 5 aromatic rings. The van der Waals surface area contributed by atoms with Crippen molar-refractivity contribution in [2.45, 2.75) is 0 Å². The lowest BCUT2D eigenvalue weighted by Crippen LogP contribution is -2.20. The summed E-state index contributed by atoms with van der Waals surface area (Å²) in [6, 6.07) is 27.5. The molecule has 0 radical (unpaired) electrons. The fourth-order valence-electron chi connectivity index (χ4n) is 3.27. The lowest BCUT2D eigenvalue weighted by atomic mass is 10.2. The highest BCUT2D eigenvalue weighted by molar-refractivity contribution is 7.20. The van der Waals surface area contributed by atoms with E-state index in [9.17, 15) is 0 Å². The molecule has 0 amide bonds. The van der Waals surface area contributed by atoms with Crippen molar-refractivity contribution >= 4 is 50.2 Å². The van der Waals surface area contributed by atoms with Crippen LogP contribution in [0.1, 0.15) is 10.7 Å². The molecule has 0 saturated heterocycles. The van der Waals surface area contributed by atoms with E-state index in [2.05, 4.69) is 15.5 Å². The van der Waals surface area contributed by atoms with E-state index in [1.54, 1.807) is 24.7 Å². The summed E-state index contributed by atoms with van der Waals surface area (Å²) in [6.45, 7) is 0. The predicted octanol–water partition coefficient (Wildman–Crippen LogP) is 5.56. The van der Waals surface area contributed by atoms with Gasteiger partial charge in [-0.3, -0.25) is 5.43 Å². The summed E-state index contributed by atoms with van der Waals surface area (Å²) in [4.78, 5) is 14.1. The minimum Gasteiger partial charge on any atom is -0.494 e. The molecule has 2 heterocycles. The van der Waals surface area contributed by atoms with Crippen LogP contribution in [-0.2, 0) is 0 Å². The molecule has 1 N–H and O–H groups in total. The third kappa shape index (κ3) is 4.19. The van der Waals surface area contributed by atoms with Gasteiger partial charge in [0.05, 0.1) is 29.1 Å². The fraction of sp³-hybridized carbons (Fsp3) is 0.0400. The van der Waals surface area contributed by atoms with Gasteiger partial charge in [0.15, 0.2) is 5.84 Å². The number of pyridine rings is 1. The maximum absolute atomic E-state index is 5.46. The van der Waals surface area contributed by atoms with Crippen LogP contribution in [0.2, 0.25) is 0 Å². The van der Waals surface area contributed by atoms with Crippen molar-refractivity contribution in [3.8, 4) is 5.75 Å². The molecule has 156 valence electrons. The molecule has 0 spiro atoms. The second-order valence-corrected chi connectivity index (χ2v) is 7.97. The molecule has 2 aromatic heterocycles. The maximum atomic E-state index is 5.46. The Morgan fingerprint density at radius 1 is 0.875 bits per heavy atom. The van der Waals surface area contributed by atoms with Gasteiger partial charge in [0, 0.05) is 5.39 Å². The summed E-state index contributed by atoms with van der Waals surface area (Å²) in [5.41, 5.74) is 6.26. The fourth-order valence-corrected chi connectivity index (χ4v) is 4.11. The Balaban J connectivity index is 1.51. The summed E-state index contributed by atoms with van der Waals surface area (Å²) in [5.74, 6) is 1.18. The van der Waals surface area contributed by atoms with Crippen LogP contribution in [0.5, 0.6) is 5.75 Å². The van der Waals surface area contributed by atoms with Crippen LogP contribution in [0.3, 0.4) is 0 Å². The third-order valence-corrected chi connectivity index (χ3v) is 5.79. The number of rotatable bonds is 5. The minimum absolute atomic E-state index is 0.512. The lowest BCUT2D eigenvalue weighted by molar-refractivity contribution is 0.416. The molecular weight excluding hydrogens is 418 g/mol. The molecule has 0 saturated carbocycles. The van der Waals surface area contributed by atoms with E-state index in [0.717, 1.165) is 26.1 Å². The number of para-hydroxylation sites is 4. The number of nitrogens with zero attached hydrogens (tertiary/aromatic N) is 4. The van der Waals surface area contributed by atoms with Crippen molar-refractivity contribution in [2.75, 3.05) is 7.11 Å². The SMILES string of the molecule is COc1ccccc1N=C(NN=Cc1nc2ccccc2s1)c1ccc2ccccc2n1. The molecule has 32 heavy (non-hydrogen) atoms. The number of aromatic nitrogens is 2. The molecule has 5 rings (SSSR count). The largest absolute Gasteiger partial charge is 0.494 e. The van der Waals surface area contributed by atoms with E-state index < -0.39 is 0 Å². The Morgan fingerprint density at radius 3 is 2.53 bits per heavy atom. The Kier molecular flexibility index (Phi) is 5.55. The zero-order valence-electron chi connectivity index (χ0n) is 17.3. The highest BCUT2D eigenvalue weighted by Gasteiger charge is 2.09. The van der Waals surface area contributed by atoms with Crippen LogP contribution in [0.25, 0.3) is 21.1 Å². The normalized spacial score (nSPS) is 12.0. The second kappa shape index (κ2) is 8.95. The quantitative estimate of drug-likeness (QED) is 0.222. The van der Waals surface area contributed by atoms with Gasteiger partial charge in [0.2, 0.25) is 0 Å². The number of hydrazone groups is 1. The predicted molar refractivity (Wildman–Crippen MR) is 131 cm³/mol. The lowest BCUT2D eigenvalue weighted by Gasteiger charge is -2.09. The van der Waals surface area contributed by atoms with Gasteiger partial charge >= 0.3 is 0 Å². The van der Waals surface area contributed by atoms with E-state index in [4.69, 9.17) is 14.7 Å². The van der Waals surface area contributed by atoms with Crippen molar-refractivity contribution in [1.29, 1.82) is 0 Å². The molecule has 0 aliphatic carbocycles. The van der Waals surface area contributed by atoms with Gasteiger partial charge in [0.25, 0.3) is 0 Å². The van der Waals surface area contributed by atoms with E-state index >= 15 is 0 Å². The van der Waals surface area contributed by atoms with Crippen LogP contribution < -0.4 is 10.2 Å². The number of methoxy groups -OCH3 is 1. The molecule has 0 bridgehead atoms. The minimum atomic E-state index is 0.512. The van der Waals surface area contributed by atoms with Crippen molar-refractivity contribution in [1.82, 2.24) is 15.4 Å². The highest BCUT2D eigenvalue weighted by atomic mass is 32.1. The summed E-state index contributed by atoms with van der Waals surface area (Å²) in [7, 11) is 1.63. The van der Waals surface area contributed by atoms with Gasteiger partial charge in [-0.2, -0.15) is 5.10 Å². The molecule has 6 nitrogen and oxygen atoms in total. The van der Waals surface area contributed by atoms with Crippen LogP contribution in [-0.4, -0.2) is 29.1 Å². The average molecular weight is 438 g/mol. The third-order valence-electron chi connectivity index (χ3n) is 4.81. The molecule has 0 aliphatic rings. The molecular formula is C25H19N5OS. The highest BCUT2D eigenvalue weighted by Crippen LogP contribution is 2.27. The average Bonchev–Trinajstić information content (AvgIpc) is 3.26. The van der Waals surface area contributed by atoms with Gasteiger partial charge in [-0.15, -0.1) is 11.3 Å². The summed E-state index contributed by atoms with van der Waals surface area (Å²) < 4.78 is 6.58. The van der Waals surface area contributed by atoms with E-state index in [-0.39, 0.29) is 0 Å². The molecule has 3 aromatic carbocycles. The van der Waals surface area contributed by atoms with Gasteiger partial charge in [0.1, 0.15) is 22.1 Å². The molecule has 0 atom stereocenters. The standard InChI is InChI=1S/C25H19N5OS/c1-31-22-12-6-4-10-19(22)29-25(21-15-14-17-8-2-3-9-18(17)27-21)30-26-16-24-28-20-11-5-7-13-23(20)32-24/h2-16H,1H3,(H,29,30). The first kappa shape index (κ1) is 19.8. The number of fused-ring (bicyclic) bond motifs is 2. The van der Waals surface area contributed by atoms with E-state index in [1.165, 1.54) is 0 Å². The number of nitrogens with one attached hydrogen (secondary N) is 1. The topological polar surface area (TPSA) is 71.8 Å².